The van der Waals surface area contributed by atoms with Gasteiger partial charge in [-0.05, 0) is 54.4 Å². The minimum atomic E-state index is -3.95. The Hall–Kier alpha value is -3.03. The second-order valence-electron chi connectivity index (χ2n) is 6.72. The lowest BCUT2D eigenvalue weighted by Crippen LogP contribution is -2.28. The summed E-state index contributed by atoms with van der Waals surface area (Å²) in [5, 5.41) is 2.74. The highest BCUT2D eigenvalue weighted by atomic mass is 35.5. The summed E-state index contributed by atoms with van der Waals surface area (Å²) >= 11 is 6.10. The standard InChI is InChI=1S/C23H23ClN2O4S/c1-2-17-8-11-20(12-9-17)30-15-14-25-23(27)18-10-13-21(24)22(16-18)31(28,29)26-19-6-4-3-5-7-19/h3-13,16,26H,2,14-15H2,1H3,(H,25,27). The lowest BCUT2D eigenvalue weighted by Gasteiger charge is -2.12. The van der Waals surface area contributed by atoms with Gasteiger partial charge in [-0.3, -0.25) is 9.52 Å². The maximum Gasteiger partial charge on any atom is 0.263 e. The molecular weight excluding hydrogens is 436 g/mol. The van der Waals surface area contributed by atoms with Gasteiger partial charge in [0, 0.05) is 11.3 Å². The summed E-state index contributed by atoms with van der Waals surface area (Å²) < 4.78 is 33.5. The minimum Gasteiger partial charge on any atom is -0.492 e. The molecule has 0 aliphatic rings. The Kier molecular flexibility index (Phi) is 7.55. The van der Waals surface area contributed by atoms with E-state index in [1.165, 1.54) is 23.8 Å². The smallest absolute Gasteiger partial charge is 0.263 e. The lowest BCUT2D eigenvalue weighted by molar-refractivity contribution is 0.0947. The van der Waals surface area contributed by atoms with E-state index in [0.29, 0.717) is 5.69 Å². The highest BCUT2D eigenvalue weighted by molar-refractivity contribution is 7.92. The van der Waals surface area contributed by atoms with Crippen LogP contribution in [0.3, 0.4) is 0 Å². The van der Waals surface area contributed by atoms with Gasteiger partial charge in [0.1, 0.15) is 17.3 Å². The molecule has 3 aromatic rings. The molecule has 1 amide bonds. The quantitative estimate of drug-likeness (QED) is 0.462. The summed E-state index contributed by atoms with van der Waals surface area (Å²) in [6.45, 7) is 2.63. The normalized spacial score (nSPS) is 11.0. The molecule has 0 aliphatic heterocycles. The lowest BCUT2D eigenvalue weighted by atomic mass is 10.2. The summed E-state index contributed by atoms with van der Waals surface area (Å²) in [5.74, 6) is 0.302. The van der Waals surface area contributed by atoms with Crippen molar-refractivity contribution in [2.45, 2.75) is 18.2 Å². The van der Waals surface area contributed by atoms with E-state index in [9.17, 15) is 13.2 Å². The minimum absolute atomic E-state index is 0.0267. The molecule has 31 heavy (non-hydrogen) atoms. The topological polar surface area (TPSA) is 84.5 Å². The molecule has 0 fully saturated rings. The molecule has 0 unspecified atom stereocenters. The summed E-state index contributed by atoms with van der Waals surface area (Å²) in [5.41, 5.74) is 1.80. The Morgan fingerprint density at radius 3 is 2.39 bits per heavy atom. The molecule has 0 saturated carbocycles. The van der Waals surface area contributed by atoms with E-state index in [1.807, 2.05) is 24.3 Å². The van der Waals surface area contributed by atoms with Gasteiger partial charge in [-0.1, -0.05) is 48.9 Å². The predicted octanol–water partition coefficient (Wildman–Crippen LogP) is 4.51. The van der Waals surface area contributed by atoms with Crippen LogP contribution < -0.4 is 14.8 Å². The number of amides is 1. The van der Waals surface area contributed by atoms with Crippen LogP contribution in [0.2, 0.25) is 5.02 Å². The zero-order valence-electron chi connectivity index (χ0n) is 17.0. The number of benzene rings is 3. The number of nitrogens with one attached hydrogen (secondary N) is 2. The number of rotatable bonds is 9. The molecule has 0 heterocycles. The van der Waals surface area contributed by atoms with Crippen LogP contribution in [0.15, 0.2) is 77.7 Å². The molecule has 0 atom stereocenters. The first kappa shape index (κ1) is 22.7. The van der Waals surface area contributed by atoms with Crippen molar-refractivity contribution >= 4 is 33.2 Å². The molecule has 0 bridgehead atoms. The Balaban J connectivity index is 1.61. The number of ether oxygens (including phenoxy) is 1. The number of anilines is 1. The summed E-state index contributed by atoms with van der Waals surface area (Å²) in [6, 6.07) is 20.3. The summed E-state index contributed by atoms with van der Waals surface area (Å²) in [4.78, 5) is 12.3. The van der Waals surface area contributed by atoms with Crippen molar-refractivity contribution in [1.29, 1.82) is 0 Å². The molecule has 0 saturated heterocycles. The third-order valence-electron chi connectivity index (χ3n) is 4.50. The number of carbonyl (C=O) groups is 1. The van der Waals surface area contributed by atoms with Gasteiger partial charge in [0.05, 0.1) is 11.6 Å². The van der Waals surface area contributed by atoms with Crippen molar-refractivity contribution in [2.75, 3.05) is 17.9 Å². The van der Waals surface area contributed by atoms with Crippen LogP contribution in [0.1, 0.15) is 22.8 Å². The fourth-order valence-corrected chi connectivity index (χ4v) is 4.41. The molecule has 0 spiro atoms. The van der Waals surface area contributed by atoms with E-state index in [1.54, 1.807) is 30.3 Å². The molecule has 2 N–H and O–H groups in total. The SMILES string of the molecule is CCc1ccc(OCCNC(=O)c2ccc(Cl)c(S(=O)(=O)Nc3ccccc3)c2)cc1. The van der Waals surface area contributed by atoms with Crippen LogP contribution >= 0.6 is 11.6 Å². The molecule has 0 aliphatic carbocycles. The average molecular weight is 459 g/mol. The predicted molar refractivity (Wildman–Crippen MR) is 122 cm³/mol. The first-order valence-corrected chi connectivity index (χ1v) is 11.6. The number of para-hydroxylation sites is 1. The van der Waals surface area contributed by atoms with Crippen LogP contribution in [0.4, 0.5) is 5.69 Å². The third-order valence-corrected chi connectivity index (χ3v) is 6.36. The van der Waals surface area contributed by atoms with E-state index in [0.717, 1.165) is 12.2 Å². The van der Waals surface area contributed by atoms with E-state index in [2.05, 4.69) is 17.0 Å². The third kappa shape index (κ3) is 6.23. The summed E-state index contributed by atoms with van der Waals surface area (Å²) in [6.07, 6.45) is 0.954. The van der Waals surface area contributed by atoms with E-state index >= 15 is 0 Å². The second-order valence-corrected chi connectivity index (χ2v) is 8.78. The van der Waals surface area contributed by atoms with Crippen molar-refractivity contribution in [3.05, 3.63) is 88.9 Å². The van der Waals surface area contributed by atoms with Crippen molar-refractivity contribution in [2.24, 2.45) is 0 Å². The van der Waals surface area contributed by atoms with E-state index < -0.39 is 15.9 Å². The Morgan fingerprint density at radius 1 is 1.00 bits per heavy atom. The van der Waals surface area contributed by atoms with Gasteiger partial charge in [0.2, 0.25) is 0 Å². The number of hydrogen-bond acceptors (Lipinski definition) is 4. The monoisotopic (exact) mass is 458 g/mol. The highest BCUT2D eigenvalue weighted by Crippen LogP contribution is 2.25. The highest BCUT2D eigenvalue weighted by Gasteiger charge is 2.20. The second kappa shape index (κ2) is 10.3. The number of halogens is 1. The van der Waals surface area contributed by atoms with Crippen LogP contribution in [0.25, 0.3) is 0 Å². The number of sulfonamides is 1. The van der Waals surface area contributed by atoms with Gasteiger partial charge in [0.15, 0.2) is 0 Å². The number of carbonyl (C=O) groups excluding carboxylic acids is 1. The van der Waals surface area contributed by atoms with Crippen LogP contribution in [-0.2, 0) is 16.4 Å². The molecule has 162 valence electrons. The first-order chi connectivity index (χ1) is 14.9. The largest absolute Gasteiger partial charge is 0.492 e. The molecule has 3 rings (SSSR count). The zero-order valence-corrected chi connectivity index (χ0v) is 18.5. The van der Waals surface area contributed by atoms with Crippen molar-refractivity contribution in [1.82, 2.24) is 5.32 Å². The van der Waals surface area contributed by atoms with Crippen LogP contribution in [0, 0.1) is 0 Å². The van der Waals surface area contributed by atoms with Crippen LogP contribution in [-0.4, -0.2) is 27.5 Å². The Labute approximate surface area is 187 Å². The van der Waals surface area contributed by atoms with E-state index in [4.69, 9.17) is 16.3 Å². The van der Waals surface area contributed by atoms with Gasteiger partial charge in [-0.2, -0.15) is 0 Å². The van der Waals surface area contributed by atoms with Gasteiger partial charge in [-0.25, -0.2) is 8.42 Å². The van der Waals surface area contributed by atoms with Gasteiger partial charge in [0.25, 0.3) is 15.9 Å². The van der Waals surface area contributed by atoms with Crippen molar-refractivity contribution in [3.8, 4) is 5.75 Å². The van der Waals surface area contributed by atoms with Gasteiger partial charge in [-0.15, -0.1) is 0 Å². The molecule has 0 aromatic heterocycles. The van der Waals surface area contributed by atoms with Crippen LogP contribution in [0.5, 0.6) is 5.75 Å². The Morgan fingerprint density at radius 2 is 1.71 bits per heavy atom. The molecule has 3 aromatic carbocycles. The number of aryl methyl sites for hydroxylation is 1. The maximum absolute atomic E-state index is 12.7. The van der Waals surface area contributed by atoms with Gasteiger partial charge >= 0.3 is 0 Å². The fourth-order valence-electron chi connectivity index (χ4n) is 2.82. The molecule has 8 heteroatoms. The van der Waals surface area contributed by atoms with E-state index in [-0.39, 0.29) is 28.6 Å². The molecule has 0 radical (unpaired) electrons. The fraction of sp³-hybridized carbons (Fsp3) is 0.174. The van der Waals surface area contributed by atoms with Crippen molar-refractivity contribution < 1.29 is 17.9 Å². The van der Waals surface area contributed by atoms with Gasteiger partial charge < -0.3 is 10.1 Å². The first-order valence-electron chi connectivity index (χ1n) is 9.76. The number of hydrogen-bond donors (Lipinski definition) is 2. The molecular formula is C23H23ClN2O4S. The zero-order chi connectivity index (χ0) is 22.3. The molecule has 6 nitrogen and oxygen atoms in total. The van der Waals surface area contributed by atoms with Crippen molar-refractivity contribution in [3.63, 3.8) is 0 Å². The average Bonchev–Trinajstić information content (AvgIpc) is 2.77. The Bertz CT molecular complexity index is 1130. The summed E-state index contributed by atoms with van der Waals surface area (Å²) in [7, 11) is -3.95. The maximum atomic E-state index is 12.7.